The number of nitro benzene ring substituents is 1. The fraction of sp³-hybridized carbons (Fsp3) is 0.588. The lowest BCUT2D eigenvalue weighted by atomic mass is 9.96. The maximum Gasteiger partial charge on any atom is 0.312 e. The van der Waals surface area contributed by atoms with E-state index in [0.29, 0.717) is 24.6 Å². The van der Waals surface area contributed by atoms with Gasteiger partial charge in [0.15, 0.2) is 0 Å². The Morgan fingerprint density at radius 1 is 1.35 bits per heavy atom. The lowest BCUT2D eigenvalue weighted by Gasteiger charge is -2.30. The molecule has 0 bridgehead atoms. The molecular formula is C17H24N2O4. The molecule has 1 fully saturated rings. The highest BCUT2D eigenvalue weighted by Gasteiger charge is 2.29. The summed E-state index contributed by atoms with van der Waals surface area (Å²) >= 11 is 0. The number of carbonyl (C=O) groups is 1. The fourth-order valence-corrected chi connectivity index (χ4v) is 2.86. The van der Waals surface area contributed by atoms with Gasteiger partial charge in [-0.05, 0) is 36.3 Å². The van der Waals surface area contributed by atoms with Crippen molar-refractivity contribution in [2.75, 3.05) is 20.2 Å². The van der Waals surface area contributed by atoms with Crippen molar-refractivity contribution in [1.29, 1.82) is 0 Å². The summed E-state index contributed by atoms with van der Waals surface area (Å²) in [5.74, 6) is 0.576. The Hall–Kier alpha value is -2.11. The van der Waals surface area contributed by atoms with Crippen LogP contribution < -0.4 is 4.74 Å². The number of carbonyl (C=O) groups excluding carboxylic acids is 1. The maximum atomic E-state index is 12.9. The number of rotatable bonds is 4. The van der Waals surface area contributed by atoms with E-state index >= 15 is 0 Å². The average molecular weight is 320 g/mol. The number of piperidine rings is 1. The van der Waals surface area contributed by atoms with Gasteiger partial charge in [0.05, 0.1) is 17.6 Å². The van der Waals surface area contributed by atoms with Crippen molar-refractivity contribution >= 4 is 11.6 Å². The molecule has 0 saturated carbocycles. The molecule has 1 heterocycles. The van der Waals surface area contributed by atoms with E-state index in [9.17, 15) is 14.9 Å². The highest BCUT2D eigenvalue weighted by Crippen LogP contribution is 2.36. The van der Waals surface area contributed by atoms with Crippen molar-refractivity contribution in [3.8, 4) is 5.75 Å². The van der Waals surface area contributed by atoms with Gasteiger partial charge in [-0.15, -0.1) is 0 Å². The first-order valence-electron chi connectivity index (χ1n) is 8.00. The van der Waals surface area contributed by atoms with Gasteiger partial charge < -0.3 is 9.64 Å². The van der Waals surface area contributed by atoms with Crippen LogP contribution >= 0.6 is 0 Å². The third-order valence-corrected chi connectivity index (χ3v) is 4.46. The summed E-state index contributed by atoms with van der Waals surface area (Å²) < 4.78 is 5.22. The number of benzene rings is 1. The van der Waals surface area contributed by atoms with E-state index in [1.54, 1.807) is 11.0 Å². The van der Waals surface area contributed by atoms with Gasteiger partial charge in [0.25, 0.3) is 5.91 Å². The van der Waals surface area contributed by atoms with Gasteiger partial charge in [0.1, 0.15) is 0 Å². The van der Waals surface area contributed by atoms with E-state index in [0.717, 1.165) is 18.4 Å². The number of likely N-dealkylation sites (tertiary alicyclic amines) is 1. The van der Waals surface area contributed by atoms with Crippen molar-refractivity contribution in [2.45, 2.75) is 39.5 Å². The molecule has 1 aliphatic rings. The largest absolute Gasteiger partial charge is 0.490 e. The van der Waals surface area contributed by atoms with Crippen molar-refractivity contribution in [3.63, 3.8) is 0 Å². The zero-order valence-corrected chi connectivity index (χ0v) is 14.2. The number of methoxy groups -OCH3 is 1. The zero-order chi connectivity index (χ0) is 17.1. The molecule has 0 aromatic heterocycles. The summed E-state index contributed by atoms with van der Waals surface area (Å²) in [5, 5.41) is 11.4. The molecule has 126 valence electrons. The van der Waals surface area contributed by atoms with Crippen LogP contribution in [0.4, 0.5) is 5.69 Å². The van der Waals surface area contributed by atoms with Crippen molar-refractivity contribution in [2.24, 2.45) is 5.92 Å². The SMILES string of the molecule is COc1c(C(=O)N2CCC(C)CC2)cc(C(C)C)cc1[N+](=O)[O-]. The van der Waals surface area contributed by atoms with Crippen molar-refractivity contribution in [1.82, 2.24) is 4.90 Å². The molecule has 1 aliphatic heterocycles. The zero-order valence-electron chi connectivity index (χ0n) is 14.2. The molecule has 0 spiro atoms. The third-order valence-electron chi connectivity index (χ3n) is 4.46. The molecule has 1 aromatic carbocycles. The number of ether oxygens (including phenoxy) is 1. The second-order valence-corrected chi connectivity index (χ2v) is 6.51. The molecule has 23 heavy (non-hydrogen) atoms. The smallest absolute Gasteiger partial charge is 0.312 e. The Bertz CT molecular complexity index is 605. The van der Waals surface area contributed by atoms with Crippen LogP contribution in [0.2, 0.25) is 0 Å². The predicted molar refractivity (Wildman–Crippen MR) is 88.0 cm³/mol. The highest BCUT2D eigenvalue weighted by atomic mass is 16.6. The van der Waals surface area contributed by atoms with Gasteiger partial charge >= 0.3 is 5.69 Å². The molecule has 1 aromatic rings. The Labute approximate surface area is 136 Å². The highest BCUT2D eigenvalue weighted by molar-refractivity contribution is 5.98. The quantitative estimate of drug-likeness (QED) is 0.627. The molecule has 0 aliphatic carbocycles. The van der Waals surface area contributed by atoms with Gasteiger partial charge in [0.2, 0.25) is 5.75 Å². The molecule has 1 amide bonds. The summed E-state index contributed by atoms with van der Waals surface area (Å²) in [6.07, 6.45) is 1.92. The van der Waals surface area contributed by atoms with E-state index < -0.39 is 4.92 Å². The molecule has 2 rings (SSSR count). The van der Waals surface area contributed by atoms with Crippen LogP contribution in [0.3, 0.4) is 0 Å². The molecule has 6 nitrogen and oxygen atoms in total. The molecule has 6 heteroatoms. The van der Waals surface area contributed by atoms with Gasteiger partial charge in [-0.2, -0.15) is 0 Å². The van der Waals surface area contributed by atoms with Gasteiger partial charge in [-0.25, -0.2) is 0 Å². The van der Waals surface area contributed by atoms with E-state index in [4.69, 9.17) is 4.74 Å². The summed E-state index contributed by atoms with van der Waals surface area (Å²) in [5.41, 5.74) is 0.915. The average Bonchev–Trinajstić information content (AvgIpc) is 2.53. The van der Waals surface area contributed by atoms with Crippen molar-refractivity contribution in [3.05, 3.63) is 33.4 Å². The van der Waals surface area contributed by atoms with Crippen LogP contribution in [0.1, 0.15) is 55.5 Å². The number of hydrogen-bond acceptors (Lipinski definition) is 4. The van der Waals surface area contributed by atoms with E-state index in [2.05, 4.69) is 6.92 Å². The number of amides is 1. The summed E-state index contributed by atoms with van der Waals surface area (Å²) in [6, 6.07) is 3.23. The first kappa shape index (κ1) is 17.2. The first-order valence-corrected chi connectivity index (χ1v) is 8.00. The van der Waals surface area contributed by atoms with E-state index in [1.807, 2.05) is 13.8 Å². The number of nitrogens with zero attached hydrogens (tertiary/aromatic N) is 2. The molecular weight excluding hydrogens is 296 g/mol. The first-order chi connectivity index (χ1) is 10.8. The molecule has 0 atom stereocenters. The van der Waals surface area contributed by atoms with E-state index in [1.165, 1.54) is 13.2 Å². The molecule has 0 N–H and O–H groups in total. The van der Waals surface area contributed by atoms with Crippen LogP contribution in [-0.4, -0.2) is 35.9 Å². The molecule has 0 radical (unpaired) electrons. The Kier molecular flexibility index (Phi) is 5.23. The summed E-state index contributed by atoms with van der Waals surface area (Å²) in [6.45, 7) is 7.43. The normalized spacial score (nSPS) is 15.8. The third kappa shape index (κ3) is 3.63. The number of hydrogen-bond donors (Lipinski definition) is 0. The minimum absolute atomic E-state index is 0.0584. The Morgan fingerprint density at radius 2 is 1.96 bits per heavy atom. The monoisotopic (exact) mass is 320 g/mol. The topological polar surface area (TPSA) is 72.7 Å². The summed E-state index contributed by atoms with van der Waals surface area (Å²) in [7, 11) is 1.37. The van der Waals surface area contributed by atoms with Crippen molar-refractivity contribution < 1.29 is 14.5 Å². The molecule has 0 unspecified atom stereocenters. The lowest BCUT2D eigenvalue weighted by molar-refractivity contribution is -0.385. The van der Waals surface area contributed by atoms with Crippen LogP contribution in [0.25, 0.3) is 0 Å². The van der Waals surface area contributed by atoms with Gasteiger partial charge in [-0.3, -0.25) is 14.9 Å². The minimum Gasteiger partial charge on any atom is -0.490 e. The second kappa shape index (κ2) is 6.98. The predicted octanol–water partition coefficient (Wildman–Crippen LogP) is 3.60. The Morgan fingerprint density at radius 3 is 2.43 bits per heavy atom. The Balaban J connectivity index is 2.46. The van der Waals surface area contributed by atoms with Gasteiger partial charge in [0, 0.05) is 19.2 Å². The summed E-state index contributed by atoms with van der Waals surface area (Å²) in [4.78, 5) is 25.5. The lowest BCUT2D eigenvalue weighted by Crippen LogP contribution is -2.38. The van der Waals surface area contributed by atoms with Crippen LogP contribution in [-0.2, 0) is 0 Å². The van der Waals surface area contributed by atoms with Crippen LogP contribution in [0.5, 0.6) is 5.75 Å². The van der Waals surface area contributed by atoms with Crippen LogP contribution in [0, 0.1) is 16.0 Å². The van der Waals surface area contributed by atoms with E-state index in [-0.39, 0.29) is 23.3 Å². The standard InChI is InChI=1S/C17H24N2O4/c1-11(2)13-9-14(16(23-4)15(10-13)19(21)22)17(20)18-7-5-12(3)6-8-18/h9-12H,5-8H2,1-4H3. The van der Waals surface area contributed by atoms with Gasteiger partial charge in [-0.1, -0.05) is 20.8 Å². The molecule has 1 saturated heterocycles. The second-order valence-electron chi connectivity index (χ2n) is 6.51. The van der Waals surface area contributed by atoms with Crippen LogP contribution in [0.15, 0.2) is 12.1 Å². The maximum absolute atomic E-state index is 12.9. The minimum atomic E-state index is -0.486. The number of nitro groups is 1. The fourth-order valence-electron chi connectivity index (χ4n) is 2.86.